The number of hydrogen-bond donors (Lipinski definition) is 2. The van der Waals surface area contributed by atoms with E-state index in [1.807, 2.05) is 0 Å². The Balaban J connectivity index is 1.90. The number of aromatic amines is 1. The lowest BCUT2D eigenvalue weighted by Crippen LogP contribution is -2.41. The first-order valence-electron chi connectivity index (χ1n) is 9.69. The van der Waals surface area contributed by atoms with Gasteiger partial charge < -0.3 is 10.3 Å². The van der Waals surface area contributed by atoms with Crippen molar-refractivity contribution in [3.05, 3.63) is 99.0 Å². The first kappa shape index (κ1) is 22.6. The van der Waals surface area contributed by atoms with Gasteiger partial charge in [-0.3, -0.25) is 9.78 Å². The number of rotatable bonds is 4. The Morgan fingerprint density at radius 2 is 1.73 bits per heavy atom. The molecule has 0 unspecified atom stereocenters. The smallest absolute Gasteiger partial charge is 0.364 e. The van der Waals surface area contributed by atoms with Crippen molar-refractivity contribution in [2.75, 3.05) is 0 Å². The van der Waals surface area contributed by atoms with Gasteiger partial charge in [-0.2, -0.15) is 13.2 Å². The summed E-state index contributed by atoms with van der Waals surface area (Å²) in [4.78, 5) is 22.1. The number of H-pyrrole nitrogens is 1. The molecule has 1 aromatic carbocycles. The van der Waals surface area contributed by atoms with Crippen LogP contribution in [0.4, 0.5) is 26.3 Å². The van der Waals surface area contributed by atoms with Crippen LogP contribution in [-0.4, -0.2) is 21.8 Å². The highest BCUT2D eigenvalue weighted by molar-refractivity contribution is 6.01. The van der Waals surface area contributed by atoms with Gasteiger partial charge in [-0.15, -0.1) is 0 Å². The summed E-state index contributed by atoms with van der Waals surface area (Å²) < 4.78 is 79.1. The third-order valence-electron chi connectivity index (χ3n) is 5.49. The maximum absolute atomic E-state index is 13.6. The average molecular weight is 466 g/mol. The molecule has 5 nitrogen and oxygen atoms in total. The predicted molar refractivity (Wildman–Crippen MR) is 108 cm³/mol. The summed E-state index contributed by atoms with van der Waals surface area (Å²) in [5.41, 5.74) is -3.26. The standard InChI is InChI=1S/C22H16F6N4O/c1-11-21(13-2-5-15(23)6-3-13,14-4-7-17(29-10-14)22(26,27)28)32-19(31-11)12-8-16(18(24)25)20(33)30-9-12/h2-11,18H,1H3,(H,30,33)(H,31,32)/t11-,21-/m0/s1. The molecule has 2 atom stereocenters. The molecule has 3 heterocycles. The Labute approximate surface area is 183 Å². The van der Waals surface area contributed by atoms with E-state index in [1.54, 1.807) is 6.92 Å². The lowest BCUT2D eigenvalue weighted by molar-refractivity contribution is -0.141. The molecule has 0 bridgehead atoms. The minimum Gasteiger partial charge on any atom is -0.364 e. The van der Waals surface area contributed by atoms with Gasteiger partial charge in [-0.25, -0.2) is 18.2 Å². The first-order valence-corrected chi connectivity index (χ1v) is 9.69. The van der Waals surface area contributed by atoms with Crippen LogP contribution in [0, 0.1) is 5.82 Å². The van der Waals surface area contributed by atoms with Crippen molar-refractivity contribution in [1.82, 2.24) is 15.3 Å². The van der Waals surface area contributed by atoms with Crippen molar-refractivity contribution in [2.45, 2.75) is 31.1 Å². The molecular formula is C22H16F6N4O. The molecule has 0 aliphatic carbocycles. The molecule has 0 saturated heterocycles. The third-order valence-corrected chi connectivity index (χ3v) is 5.49. The van der Waals surface area contributed by atoms with E-state index in [9.17, 15) is 31.1 Å². The summed E-state index contributed by atoms with van der Waals surface area (Å²) in [7, 11) is 0. The van der Waals surface area contributed by atoms with E-state index >= 15 is 0 Å². The Hall–Kier alpha value is -3.63. The second-order valence-corrected chi connectivity index (χ2v) is 7.50. The van der Waals surface area contributed by atoms with Crippen LogP contribution >= 0.6 is 0 Å². The van der Waals surface area contributed by atoms with Crippen molar-refractivity contribution >= 4 is 5.84 Å². The predicted octanol–water partition coefficient (Wildman–Crippen LogP) is 4.55. The molecule has 3 aromatic rings. The monoisotopic (exact) mass is 466 g/mol. The number of amidine groups is 1. The molecular weight excluding hydrogens is 450 g/mol. The van der Waals surface area contributed by atoms with E-state index in [0.717, 1.165) is 18.3 Å². The molecule has 0 amide bonds. The summed E-state index contributed by atoms with van der Waals surface area (Å²) in [6.07, 6.45) is -5.42. The molecule has 33 heavy (non-hydrogen) atoms. The fourth-order valence-electron chi connectivity index (χ4n) is 3.85. The second kappa shape index (κ2) is 8.05. The summed E-state index contributed by atoms with van der Waals surface area (Å²) in [5.74, 6) is -0.394. The van der Waals surface area contributed by atoms with Crippen LogP contribution in [0.2, 0.25) is 0 Å². The van der Waals surface area contributed by atoms with Gasteiger partial charge in [0.1, 0.15) is 22.9 Å². The Bertz CT molecular complexity index is 1250. The molecule has 172 valence electrons. The van der Waals surface area contributed by atoms with Crippen LogP contribution in [0.3, 0.4) is 0 Å². The third kappa shape index (κ3) is 3.98. The molecule has 2 aromatic heterocycles. The van der Waals surface area contributed by atoms with Gasteiger partial charge in [-0.1, -0.05) is 18.2 Å². The number of nitrogens with one attached hydrogen (secondary N) is 2. The molecule has 0 saturated carbocycles. The minimum atomic E-state index is -4.64. The lowest BCUT2D eigenvalue weighted by Gasteiger charge is -2.31. The highest BCUT2D eigenvalue weighted by Crippen LogP contribution is 2.41. The lowest BCUT2D eigenvalue weighted by atomic mass is 9.79. The summed E-state index contributed by atoms with van der Waals surface area (Å²) in [5, 5.41) is 3.04. The van der Waals surface area contributed by atoms with Crippen molar-refractivity contribution in [1.29, 1.82) is 0 Å². The van der Waals surface area contributed by atoms with E-state index in [1.165, 1.54) is 36.5 Å². The van der Waals surface area contributed by atoms with Crippen molar-refractivity contribution < 1.29 is 26.3 Å². The number of aromatic nitrogens is 2. The number of aliphatic imine (C=N–C) groups is 1. The molecule has 0 fully saturated rings. The highest BCUT2D eigenvalue weighted by Gasteiger charge is 2.46. The average Bonchev–Trinajstić information content (AvgIpc) is 3.12. The molecule has 4 rings (SSSR count). The number of nitrogens with zero attached hydrogens (tertiary/aromatic N) is 2. The molecule has 2 N–H and O–H groups in total. The number of alkyl halides is 5. The van der Waals surface area contributed by atoms with Crippen LogP contribution in [0.1, 0.15) is 41.3 Å². The zero-order valence-electron chi connectivity index (χ0n) is 16.9. The van der Waals surface area contributed by atoms with E-state index in [-0.39, 0.29) is 17.0 Å². The van der Waals surface area contributed by atoms with Crippen molar-refractivity contribution in [3.8, 4) is 0 Å². The van der Waals surface area contributed by atoms with Gasteiger partial charge in [-0.05, 0) is 36.8 Å². The Morgan fingerprint density at radius 3 is 2.30 bits per heavy atom. The first-order chi connectivity index (χ1) is 15.5. The van der Waals surface area contributed by atoms with E-state index < -0.39 is 46.8 Å². The Kier molecular flexibility index (Phi) is 5.51. The van der Waals surface area contributed by atoms with Crippen molar-refractivity contribution in [3.63, 3.8) is 0 Å². The molecule has 0 radical (unpaired) electrons. The van der Waals surface area contributed by atoms with Gasteiger partial charge >= 0.3 is 6.18 Å². The highest BCUT2D eigenvalue weighted by atomic mass is 19.4. The summed E-state index contributed by atoms with van der Waals surface area (Å²) in [6, 6.07) is 7.68. The molecule has 0 spiro atoms. The fraction of sp³-hybridized carbons (Fsp3) is 0.227. The number of pyridine rings is 2. The molecule has 11 heteroatoms. The van der Waals surface area contributed by atoms with E-state index in [2.05, 4.69) is 20.3 Å². The quantitative estimate of drug-likeness (QED) is 0.555. The zero-order chi connectivity index (χ0) is 24.0. The van der Waals surface area contributed by atoms with Crippen LogP contribution in [0.25, 0.3) is 0 Å². The van der Waals surface area contributed by atoms with Crippen LogP contribution in [0.5, 0.6) is 0 Å². The largest absolute Gasteiger partial charge is 0.433 e. The van der Waals surface area contributed by atoms with Crippen LogP contribution < -0.4 is 10.9 Å². The Morgan fingerprint density at radius 1 is 1.06 bits per heavy atom. The van der Waals surface area contributed by atoms with Crippen LogP contribution in [-0.2, 0) is 11.7 Å². The number of halogens is 6. The summed E-state index contributed by atoms with van der Waals surface area (Å²) >= 11 is 0. The molecule has 1 aliphatic rings. The minimum absolute atomic E-state index is 0.130. The van der Waals surface area contributed by atoms with Crippen molar-refractivity contribution in [2.24, 2.45) is 4.99 Å². The normalized spacial score (nSPS) is 20.6. The number of hydrogen-bond acceptors (Lipinski definition) is 4. The fourth-order valence-corrected chi connectivity index (χ4v) is 3.85. The van der Waals surface area contributed by atoms with Gasteiger partial charge in [0.2, 0.25) is 0 Å². The maximum atomic E-state index is 13.6. The zero-order valence-corrected chi connectivity index (χ0v) is 16.9. The van der Waals surface area contributed by atoms with Gasteiger partial charge in [0.25, 0.3) is 12.0 Å². The maximum Gasteiger partial charge on any atom is 0.433 e. The van der Waals surface area contributed by atoms with Gasteiger partial charge in [0.05, 0.1) is 11.6 Å². The second-order valence-electron chi connectivity index (χ2n) is 7.50. The SMILES string of the molecule is C[C@@H]1NC(c2c[nH]c(=O)c(C(F)F)c2)=N[C@@]1(c1ccc(F)cc1)c1ccc(C(F)(F)F)nc1. The molecule has 1 aliphatic heterocycles. The topological polar surface area (TPSA) is 70.1 Å². The summed E-state index contributed by atoms with van der Waals surface area (Å²) in [6.45, 7) is 1.69. The van der Waals surface area contributed by atoms with Gasteiger partial charge in [0.15, 0.2) is 0 Å². The van der Waals surface area contributed by atoms with Gasteiger partial charge in [0, 0.05) is 23.5 Å². The van der Waals surface area contributed by atoms with E-state index in [4.69, 9.17) is 0 Å². The van der Waals surface area contributed by atoms with E-state index in [0.29, 0.717) is 5.56 Å². The number of benzene rings is 1. The van der Waals surface area contributed by atoms with Crippen LogP contribution in [0.15, 0.2) is 64.6 Å².